The fraction of sp³-hybridized carbons (Fsp3) is 0.316. The van der Waals surface area contributed by atoms with Gasteiger partial charge in [0.2, 0.25) is 0 Å². The van der Waals surface area contributed by atoms with Gasteiger partial charge in [-0.2, -0.15) is 18.3 Å². The molecule has 31 heavy (non-hydrogen) atoms. The average Bonchev–Trinajstić information content (AvgIpc) is 3.21. The predicted molar refractivity (Wildman–Crippen MR) is 100 cm³/mol. The number of hydrogen-bond acceptors (Lipinski definition) is 6. The highest BCUT2D eigenvalue weighted by molar-refractivity contribution is 5.95. The molecule has 2 heterocycles. The van der Waals surface area contributed by atoms with E-state index in [2.05, 4.69) is 15.7 Å². The molecule has 0 bridgehead atoms. The first-order chi connectivity index (χ1) is 14.7. The van der Waals surface area contributed by atoms with Gasteiger partial charge in [0.25, 0.3) is 0 Å². The number of carbonyl (C=O) groups excluding carboxylic acids is 2. The van der Waals surface area contributed by atoms with E-state index in [0.29, 0.717) is 17.1 Å². The molecule has 0 aliphatic carbocycles. The van der Waals surface area contributed by atoms with Gasteiger partial charge in [-0.25, -0.2) is 9.59 Å². The molecule has 0 radical (unpaired) electrons. The van der Waals surface area contributed by atoms with Crippen LogP contribution in [0.25, 0.3) is 0 Å². The van der Waals surface area contributed by atoms with Crippen LogP contribution in [0.3, 0.4) is 0 Å². The van der Waals surface area contributed by atoms with E-state index < -0.39 is 29.9 Å². The Bertz CT molecular complexity index is 1030. The SMILES string of the molecule is COC(=O)C1=C(Cn2ccc(C(F)(F)F)n2)NC(=O)N[C@@H]1c1ccc(OC)c(OC)c1. The second-order valence-corrected chi connectivity index (χ2v) is 6.43. The van der Waals surface area contributed by atoms with E-state index in [9.17, 15) is 22.8 Å². The van der Waals surface area contributed by atoms with E-state index in [4.69, 9.17) is 14.2 Å². The zero-order valence-electron chi connectivity index (χ0n) is 16.7. The van der Waals surface area contributed by atoms with E-state index in [1.165, 1.54) is 14.2 Å². The number of esters is 1. The molecular weight excluding hydrogens is 421 g/mol. The van der Waals surface area contributed by atoms with Gasteiger partial charge in [-0.3, -0.25) is 4.68 Å². The molecule has 1 aromatic heterocycles. The van der Waals surface area contributed by atoms with E-state index in [1.807, 2.05) is 0 Å². The summed E-state index contributed by atoms with van der Waals surface area (Å²) in [6.45, 7) is -0.294. The van der Waals surface area contributed by atoms with Crippen LogP contribution in [-0.4, -0.2) is 43.1 Å². The number of alkyl halides is 3. The molecule has 0 unspecified atom stereocenters. The van der Waals surface area contributed by atoms with E-state index in [0.717, 1.165) is 24.1 Å². The van der Waals surface area contributed by atoms with Gasteiger partial charge in [0.1, 0.15) is 0 Å². The number of allylic oxidation sites excluding steroid dienone is 1. The first-order valence-corrected chi connectivity index (χ1v) is 8.89. The summed E-state index contributed by atoms with van der Waals surface area (Å²) in [6.07, 6.45) is -3.52. The van der Waals surface area contributed by atoms with Crippen molar-refractivity contribution in [1.29, 1.82) is 0 Å². The van der Waals surface area contributed by atoms with Crippen molar-refractivity contribution in [2.75, 3.05) is 21.3 Å². The van der Waals surface area contributed by atoms with Crippen LogP contribution < -0.4 is 20.1 Å². The fourth-order valence-corrected chi connectivity index (χ4v) is 3.14. The number of aromatic nitrogens is 2. The van der Waals surface area contributed by atoms with Crippen LogP contribution in [0.5, 0.6) is 11.5 Å². The van der Waals surface area contributed by atoms with Crippen LogP contribution in [0.1, 0.15) is 17.3 Å². The number of urea groups is 1. The molecule has 2 aromatic rings. The Morgan fingerprint density at radius 1 is 1.16 bits per heavy atom. The zero-order chi connectivity index (χ0) is 22.8. The minimum absolute atomic E-state index is 0.0124. The van der Waals surface area contributed by atoms with E-state index >= 15 is 0 Å². The van der Waals surface area contributed by atoms with Crippen LogP contribution in [0.15, 0.2) is 41.7 Å². The van der Waals surface area contributed by atoms with Gasteiger partial charge < -0.3 is 24.8 Å². The molecule has 3 rings (SSSR count). The number of methoxy groups -OCH3 is 3. The lowest BCUT2D eigenvalue weighted by Crippen LogP contribution is -2.46. The van der Waals surface area contributed by atoms with Crippen LogP contribution in [0.4, 0.5) is 18.0 Å². The molecule has 1 aromatic carbocycles. The summed E-state index contributed by atoms with van der Waals surface area (Å²) in [5.74, 6) is 0.0254. The maximum absolute atomic E-state index is 12.9. The number of nitrogens with one attached hydrogen (secondary N) is 2. The minimum Gasteiger partial charge on any atom is -0.493 e. The summed E-state index contributed by atoms with van der Waals surface area (Å²) in [4.78, 5) is 24.8. The molecule has 166 valence electrons. The van der Waals surface area contributed by atoms with Gasteiger partial charge in [0.05, 0.1) is 45.2 Å². The van der Waals surface area contributed by atoms with Crippen LogP contribution >= 0.6 is 0 Å². The molecule has 0 saturated carbocycles. The van der Waals surface area contributed by atoms with Crippen molar-refractivity contribution in [3.63, 3.8) is 0 Å². The topological polar surface area (TPSA) is 104 Å². The van der Waals surface area contributed by atoms with E-state index in [-0.39, 0.29) is 17.8 Å². The molecule has 2 amide bonds. The molecule has 2 N–H and O–H groups in total. The predicted octanol–water partition coefficient (Wildman–Crippen LogP) is 2.40. The summed E-state index contributed by atoms with van der Waals surface area (Å²) in [7, 11) is 4.05. The standard InChI is InChI=1S/C19H19F3N4O5/c1-29-12-5-4-10(8-13(12)30-2)16-15(17(27)31-3)11(23-18(28)24-16)9-26-7-6-14(25-26)19(20,21)22/h4-8,16H,9H2,1-3H3,(H2,23,24,28)/t16-/m1/s1. The summed E-state index contributed by atoms with van der Waals surface area (Å²) >= 11 is 0. The van der Waals surface area contributed by atoms with Crippen LogP contribution in [0, 0.1) is 0 Å². The smallest absolute Gasteiger partial charge is 0.435 e. The largest absolute Gasteiger partial charge is 0.493 e. The van der Waals surface area contributed by atoms with Crippen molar-refractivity contribution < 1.29 is 37.0 Å². The number of benzene rings is 1. The number of amides is 2. The fourth-order valence-electron chi connectivity index (χ4n) is 3.14. The second-order valence-electron chi connectivity index (χ2n) is 6.43. The van der Waals surface area contributed by atoms with Crippen molar-refractivity contribution >= 4 is 12.0 Å². The quantitative estimate of drug-likeness (QED) is 0.669. The Labute approximate surface area is 174 Å². The number of nitrogens with zero attached hydrogens (tertiary/aromatic N) is 2. The monoisotopic (exact) mass is 440 g/mol. The third kappa shape index (κ3) is 4.57. The maximum atomic E-state index is 12.9. The minimum atomic E-state index is -4.62. The highest BCUT2D eigenvalue weighted by Gasteiger charge is 2.36. The Morgan fingerprint density at radius 3 is 2.45 bits per heavy atom. The number of hydrogen-bond donors (Lipinski definition) is 2. The lowest BCUT2D eigenvalue weighted by Gasteiger charge is -2.29. The molecule has 0 fully saturated rings. The lowest BCUT2D eigenvalue weighted by molar-refractivity contribution is -0.141. The van der Waals surface area contributed by atoms with Crippen LogP contribution in [0.2, 0.25) is 0 Å². The number of carbonyl (C=O) groups is 2. The average molecular weight is 440 g/mol. The molecule has 0 saturated heterocycles. The third-order valence-corrected chi connectivity index (χ3v) is 4.55. The Morgan fingerprint density at radius 2 is 1.87 bits per heavy atom. The highest BCUT2D eigenvalue weighted by atomic mass is 19.4. The van der Waals surface area contributed by atoms with Crippen molar-refractivity contribution in [3.8, 4) is 11.5 Å². The van der Waals surface area contributed by atoms with Gasteiger partial charge >= 0.3 is 18.2 Å². The van der Waals surface area contributed by atoms with Gasteiger partial charge in [0.15, 0.2) is 17.2 Å². The van der Waals surface area contributed by atoms with Gasteiger partial charge in [-0.15, -0.1) is 0 Å². The van der Waals surface area contributed by atoms with Crippen molar-refractivity contribution in [3.05, 3.63) is 53.0 Å². The Hall–Kier alpha value is -3.70. The van der Waals surface area contributed by atoms with Crippen molar-refractivity contribution in [2.45, 2.75) is 18.8 Å². The highest BCUT2D eigenvalue weighted by Crippen LogP contribution is 2.35. The molecule has 0 spiro atoms. The lowest BCUT2D eigenvalue weighted by atomic mass is 9.94. The molecule has 1 aliphatic rings. The summed E-state index contributed by atoms with van der Waals surface area (Å²) in [6, 6.07) is 3.99. The molecule has 1 aliphatic heterocycles. The molecule has 12 heteroatoms. The molecule has 1 atom stereocenters. The number of ether oxygens (including phenoxy) is 3. The number of rotatable bonds is 6. The molecular formula is C19H19F3N4O5. The Kier molecular flexibility index (Phi) is 6.09. The molecule has 9 nitrogen and oxygen atoms in total. The second kappa shape index (κ2) is 8.58. The number of halogens is 3. The van der Waals surface area contributed by atoms with Gasteiger partial charge in [-0.1, -0.05) is 6.07 Å². The maximum Gasteiger partial charge on any atom is 0.435 e. The summed E-state index contributed by atoms with van der Waals surface area (Å²) in [5, 5.41) is 8.54. The first-order valence-electron chi connectivity index (χ1n) is 8.89. The third-order valence-electron chi connectivity index (χ3n) is 4.55. The normalized spacial score (nSPS) is 16.5. The van der Waals surface area contributed by atoms with Crippen LogP contribution in [-0.2, 0) is 22.3 Å². The summed E-state index contributed by atoms with van der Waals surface area (Å²) in [5.41, 5.74) is -0.558. The summed E-state index contributed by atoms with van der Waals surface area (Å²) < 4.78 is 54.8. The first kappa shape index (κ1) is 22.0. The Balaban J connectivity index is 2.06. The van der Waals surface area contributed by atoms with Gasteiger partial charge in [0, 0.05) is 6.20 Å². The van der Waals surface area contributed by atoms with E-state index in [1.54, 1.807) is 18.2 Å². The van der Waals surface area contributed by atoms with Gasteiger partial charge in [-0.05, 0) is 23.8 Å². The van der Waals surface area contributed by atoms with Crippen molar-refractivity contribution in [1.82, 2.24) is 20.4 Å². The van der Waals surface area contributed by atoms with Crippen molar-refractivity contribution in [2.24, 2.45) is 0 Å². The zero-order valence-corrected chi connectivity index (χ0v) is 16.7.